The Bertz CT molecular complexity index is 159. The molecule has 0 aromatic rings. The van der Waals surface area contributed by atoms with Crippen molar-refractivity contribution in [3.05, 3.63) is 11.6 Å². The topological polar surface area (TPSA) is 35.2 Å². The minimum absolute atomic E-state index is 0.529. The number of ether oxygens (including phenoxy) is 1. The van der Waals surface area contributed by atoms with Gasteiger partial charge in [0.15, 0.2) is 0 Å². The molecule has 0 aromatic heterocycles. The van der Waals surface area contributed by atoms with E-state index < -0.39 is 0 Å². The third-order valence-electron chi connectivity index (χ3n) is 2.54. The molecule has 0 amide bonds. The molecule has 13 heavy (non-hydrogen) atoms. The molecule has 1 unspecified atom stereocenters. The van der Waals surface area contributed by atoms with Crippen LogP contribution in [0.4, 0.5) is 0 Å². The van der Waals surface area contributed by atoms with E-state index in [1.807, 2.05) is 0 Å². The van der Waals surface area contributed by atoms with Crippen LogP contribution in [0.5, 0.6) is 0 Å². The molecule has 1 saturated heterocycles. The quantitative estimate of drug-likeness (QED) is 0.663. The van der Waals surface area contributed by atoms with E-state index in [1.165, 1.54) is 31.3 Å². The molecule has 0 bridgehead atoms. The van der Waals surface area contributed by atoms with Crippen LogP contribution in [0, 0.1) is 0 Å². The van der Waals surface area contributed by atoms with E-state index >= 15 is 0 Å². The highest BCUT2D eigenvalue weighted by molar-refractivity contribution is 4.98. The first kappa shape index (κ1) is 10.7. The maximum absolute atomic E-state index is 5.56. The van der Waals surface area contributed by atoms with Gasteiger partial charge in [0.25, 0.3) is 0 Å². The minimum atomic E-state index is 0.529. The second kappa shape index (κ2) is 6.17. The van der Waals surface area contributed by atoms with Crippen LogP contribution in [0.2, 0.25) is 0 Å². The Balaban J connectivity index is 2.09. The molecule has 0 saturated carbocycles. The lowest BCUT2D eigenvalue weighted by Gasteiger charge is -2.08. The number of hydrogen-bond donors (Lipinski definition) is 1. The van der Waals surface area contributed by atoms with Crippen molar-refractivity contribution in [2.24, 2.45) is 5.73 Å². The molecule has 0 spiro atoms. The fourth-order valence-corrected chi connectivity index (χ4v) is 1.69. The lowest BCUT2D eigenvalue weighted by atomic mass is 10.1. The van der Waals surface area contributed by atoms with E-state index in [2.05, 4.69) is 13.0 Å². The van der Waals surface area contributed by atoms with Crippen molar-refractivity contribution in [1.82, 2.24) is 0 Å². The summed E-state index contributed by atoms with van der Waals surface area (Å²) in [6, 6.07) is 0. The molecule has 0 aromatic carbocycles. The fourth-order valence-electron chi connectivity index (χ4n) is 1.69. The van der Waals surface area contributed by atoms with E-state index in [4.69, 9.17) is 10.5 Å². The average Bonchev–Trinajstić information content (AvgIpc) is 2.64. The molecule has 2 heteroatoms. The van der Waals surface area contributed by atoms with Crippen LogP contribution >= 0.6 is 0 Å². The minimum Gasteiger partial charge on any atom is -0.378 e. The summed E-state index contributed by atoms with van der Waals surface area (Å²) in [6.45, 7) is 3.91. The molecule has 1 heterocycles. The number of allylic oxidation sites excluding steroid dienone is 1. The molecular weight excluding hydrogens is 162 g/mol. The van der Waals surface area contributed by atoms with Gasteiger partial charge in [0, 0.05) is 6.61 Å². The van der Waals surface area contributed by atoms with E-state index in [1.54, 1.807) is 0 Å². The zero-order valence-electron chi connectivity index (χ0n) is 8.59. The lowest BCUT2D eigenvalue weighted by molar-refractivity contribution is 0.104. The maximum atomic E-state index is 5.56. The highest BCUT2D eigenvalue weighted by Crippen LogP contribution is 2.19. The fraction of sp³-hybridized carbons (Fsp3) is 0.818. The second-order valence-corrected chi connectivity index (χ2v) is 3.80. The number of nitrogens with two attached hydrogens (primary N) is 1. The molecule has 76 valence electrons. The smallest absolute Gasteiger partial charge is 0.0579 e. The van der Waals surface area contributed by atoms with Gasteiger partial charge in [0.1, 0.15) is 0 Å². The van der Waals surface area contributed by atoms with Gasteiger partial charge in [-0.15, -0.1) is 0 Å². The largest absolute Gasteiger partial charge is 0.378 e. The first-order valence-corrected chi connectivity index (χ1v) is 5.30. The van der Waals surface area contributed by atoms with Gasteiger partial charge in [0.05, 0.1) is 6.10 Å². The SMILES string of the molecule is CC(=CCCN)CCC1CCCO1. The maximum Gasteiger partial charge on any atom is 0.0579 e. The second-order valence-electron chi connectivity index (χ2n) is 3.80. The van der Waals surface area contributed by atoms with E-state index in [0.717, 1.165) is 19.6 Å². The van der Waals surface area contributed by atoms with Crippen LogP contribution in [0.1, 0.15) is 39.0 Å². The molecule has 2 N–H and O–H groups in total. The summed E-state index contributed by atoms with van der Waals surface area (Å²) in [5.74, 6) is 0. The van der Waals surface area contributed by atoms with Crippen molar-refractivity contribution in [2.75, 3.05) is 13.2 Å². The van der Waals surface area contributed by atoms with Crippen LogP contribution in [0.15, 0.2) is 11.6 Å². The van der Waals surface area contributed by atoms with Crippen molar-refractivity contribution >= 4 is 0 Å². The number of hydrogen-bond acceptors (Lipinski definition) is 2. The Kier molecular flexibility index (Phi) is 5.09. The summed E-state index contributed by atoms with van der Waals surface area (Å²) in [5.41, 5.74) is 6.89. The highest BCUT2D eigenvalue weighted by Gasteiger charge is 2.14. The van der Waals surface area contributed by atoms with Crippen molar-refractivity contribution in [1.29, 1.82) is 0 Å². The summed E-state index contributed by atoms with van der Waals surface area (Å²) in [6.07, 6.45) is 8.64. The summed E-state index contributed by atoms with van der Waals surface area (Å²) in [4.78, 5) is 0. The number of rotatable bonds is 5. The van der Waals surface area contributed by atoms with E-state index in [9.17, 15) is 0 Å². The first-order valence-electron chi connectivity index (χ1n) is 5.30. The Labute approximate surface area is 81.1 Å². The van der Waals surface area contributed by atoms with Crippen molar-refractivity contribution in [3.63, 3.8) is 0 Å². The molecule has 1 atom stereocenters. The van der Waals surface area contributed by atoms with Gasteiger partial charge >= 0.3 is 0 Å². The molecule has 2 nitrogen and oxygen atoms in total. The average molecular weight is 183 g/mol. The van der Waals surface area contributed by atoms with Gasteiger partial charge < -0.3 is 10.5 Å². The Hall–Kier alpha value is -0.340. The van der Waals surface area contributed by atoms with Gasteiger partial charge in [-0.3, -0.25) is 0 Å². The molecule has 1 aliphatic rings. The Morgan fingerprint density at radius 3 is 3.08 bits per heavy atom. The molecule has 1 aliphatic heterocycles. The van der Waals surface area contributed by atoms with Crippen molar-refractivity contribution in [2.45, 2.75) is 45.1 Å². The predicted molar refractivity (Wildman–Crippen MR) is 55.6 cm³/mol. The third-order valence-corrected chi connectivity index (χ3v) is 2.54. The van der Waals surface area contributed by atoms with Gasteiger partial charge in [-0.1, -0.05) is 11.6 Å². The summed E-state index contributed by atoms with van der Waals surface area (Å²) >= 11 is 0. The predicted octanol–water partition coefficient (Wildman–Crippen LogP) is 2.24. The molecule has 0 radical (unpaired) electrons. The molecule has 1 fully saturated rings. The zero-order valence-corrected chi connectivity index (χ0v) is 8.59. The van der Waals surface area contributed by atoms with Crippen LogP contribution in [-0.4, -0.2) is 19.3 Å². The summed E-state index contributed by atoms with van der Waals surface area (Å²) < 4.78 is 5.56. The highest BCUT2D eigenvalue weighted by atomic mass is 16.5. The van der Waals surface area contributed by atoms with Gasteiger partial charge in [-0.2, -0.15) is 0 Å². The Morgan fingerprint density at radius 2 is 2.46 bits per heavy atom. The normalized spacial score (nSPS) is 23.8. The first-order chi connectivity index (χ1) is 6.33. The van der Waals surface area contributed by atoms with Gasteiger partial charge in [-0.05, 0) is 45.6 Å². The summed E-state index contributed by atoms with van der Waals surface area (Å²) in [5, 5.41) is 0. The van der Waals surface area contributed by atoms with Crippen LogP contribution < -0.4 is 5.73 Å². The van der Waals surface area contributed by atoms with Crippen molar-refractivity contribution < 1.29 is 4.74 Å². The van der Waals surface area contributed by atoms with Gasteiger partial charge in [-0.25, -0.2) is 0 Å². The van der Waals surface area contributed by atoms with Crippen LogP contribution in [0.3, 0.4) is 0 Å². The van der Waals surface area contributed by atoms with Crippen molar-refractivity contribution in [3.8, 4) is 0 Å². The Morgan fingerprint density at radius 1 is 1.62 bits per heavy atom. The molecular formula is C11H21NO. The van der Waals surface area contributed by atoms with E-state index in [-0.39, 0.29) is 0 Å². The van der Waals surface area contributed by atoms with Crippen LogP contribution in [-0.2, 0) is 4.74 Å². The standard InChI is InChI=1S/C11H21NO/c1-10(4-2-8-12)6-7-11-5-3-9-13-11/h4,11H,2-3,5-9,12H2,1H3. The van der Waals surface area contributed by atoms with Gasteiger partial charge in [0.2, 0.25) is 0 Å². The lowest BCUT2D eigenvalue weighted by Crippen LogP contribution is -2.04. The summed E-state index contributed by atoms with van der Waals surface area (Å²) in [7, 11) is 0. The molecule has 0 aliphatic carbocycles. The third kappa shape index (κ3) is 4.44. The van der Waals surface area contributed by atoms with E-state index in [0.29, 0.717) is 6.10 Å². The van der Waals surface area contributed by atoms with Crippen LogP contribution in [0.25, 0.3) is 0 Å². The zero-order chi connectivity index (χ0) is 9.52. The monoisotopic (exact) mass is 183 g/mol. The molecule has 1 rings (SSSR count).